The lowest BCUT2D eigenvalue weighted by Gasteiger charge is -2.48. The van der Waals surface area contributed by atoms with Crippen LogP contribution in [0, 0.1) is 11.8 Å². The first-order chi connectivity index (χ1) is 16.0. The van der Waals surface area contributed by atoms with Crippen molar-refractivity contribution in [3.63, 3.8) is 0 Å². The van der Waals surface area contributed by atoms with E-state index in [1.54, 1.807) is 0 Å². The maximum atomic E-state index is 10.7. The summed E-state index contributed by atoms with van der Waals surface area (Å²) in [5.41, 5.74) is 0. The van der Waals surface area contributed by atoms with Gasteiger partial charge in [-0.05, 0) is 12.8 Å². The lowest BCUT2D eigenvalue weighted by Crippen LogP contribution is -2.67. The van der Waals surface area contributed by atoms with Gasteiger partial charge in [-0.3, -0.25) is 0 Å². The molecule has 14 nitrogen and oxygen atoms in total. The van der Waals surface area contributed by atoms with E-state index in [0.717, 1.165) is 0 Å². The summed E-state index contributed by atoms with van der Waals surface area (Å²) in [6.07, 6.45) is -16.5. The highest BCUT2D eigenvalue weighted by Gasteiger charge is 2.51. The molecule has 15 atom stereocenters. The van der Waals surface area contributed by atoms with Gasteiger partial charge in [-0.1, -0.05) is 0 Å². The molecule has 0 aromatic heterocycles. The molecule has 0 radical (unpaired) electrons. The van der Waals surface area contributed by atoms with Gasteiger partial charge in [0, 0.05) is 37.1 Å². The van der Waals surface area contributed by atoms with Gasteiger partial charge in [-0.2, -0.15) is 0 Å². The van der Waals surface area contributed by atoms with Gasteiger partial charge >= 0.3 is 0 Å². The molecule has 200 valence electrons. The predicted octanol–water partition coefficient (Wildman–Crippen LogP) is -6.67. The van der Waals surface area contributed by atoms with Crippen LogP contribution in [0.2, 0.25) is 0 Å². The van der Waals surface area contributed by atoms with Crippen LogP contribution in [-0.2, 0) is 9.47 Å². The van der Waals surface area contributed by atoms with Gasteiger partial charge in [0.1, 0.15) is 36.6 Å². The van der Waals surface area contributed by atoms with Crippen LogP contribution < -0.4 is 5.32 Å². The SMILES string of the molecule is OCC1C[C@H](N[C@H]2CC(CO)[C@@H](O[C@@H]3OC(CO)[C@@H](O)C(O)C3O)C(O)C2O)C(O)C(O)[C@@H]1O. The topological polar surface area (TPSA) is 253 Å². The molecule has 12 N–H and O–H groups in total. The molecule has 1 heterocycles. The van der Waals surface area contributed by atoms with Gasteiger partial charge in [-0.15, -0.1) is 0 Å². The Morgan fingerprint density at radius 3 is 1.68 bits per heavy atom. The average molecular weight is 500 g/mol. The van der Waals surface area contributed by atoms with E-state index in [4.69, 9.17) is 9.47 Å². The number of rotatable bonds is 7. The maximum absolute atomic E-state index is 10.7. The molecule has 34 heavy (non-hydrogen) atoms. The van der Waals surface area contributed by atoms with Crippen LogP contribution in [0.15, 0.2) is 0 Å². The molecule has 14 heteroatoms. The number of ether oxygens (including phenoxy) is 2. The van der Waals surface area contributed by atoms with Crippen LogP contribution in [0.25, 0.3) is 0 Å². The second kappa shape index (κ2) is 11.7. The van der Waals surface area contributed by atoms with E-state index in [1.165, 1.54) is 0 Å². The van der Waals surface area contributed by atoms with Gasteiger partial charge in [0.05, 0.1) is 31.0 Å². The molecule has 1 saturated heterocycles. The highest BCUT2D eigenvalue weighted by Crippen LogP contribution is 2.33. The van der Waals surface area contributed by atoms with Crippen molar-refractivity contribution in [1.29, 1.82) is 0 Å². The van der Waals surface area contributed by atoms with Crippen LogP contribution in [0.5, 0.6) is 0 Å². The van der Waals surface area contributed by atoms with E-state index >= 15 is 0 Å². The van der Waals surface area contributed by atoms with Crippen molar-refractivity contribution in [3.05, 3.63) is 0 Å². The first-order valence-corrected chi connectivity index (χ1v) is 11.4. The summed E-state index contributed by atoms with van der Waals surface area (Å²) in [4.78, 5) is 0. The molecule has 0 amide bonds. The molecule has 0 spiro atoms. The zero-order chi connectivity index (χ0) is 25.3. The second-order valence-electron chi connectivity index (χ2n) is 9.49. The number of aliphatic hydroxyl groups excluding tert-OH is 11. The normalized spacial score (nSPS) is 52.5. The molecular formula is C20H37NO13. The summed E-state index contributed by atoms with van der Waals surface area (Å²) in [5.74, 6) is -1.54. The van der Waals surface area contributed by atoms with Crippen molar-refractivity contribution in [2.75, 3.05) is 19.8 Å². The molecule has 2 aliphatic carbocycles. The Balaban J connectivity index is 1.69. The number of nitrogens with one attached hydrogen (secondary N) is 1. The molecule has 0 bridgehead atoms. The summed E-state index contributed by atoms with van der Waals surface area (Å²) < 4.78 is 10.9. The fourth-order valence-electron chi connectivity index (χ4n) is 5.13. The third-order valence-electron chi connectivity index (χ3n) is 7.31. The molecular weight excluding hydrogens is 462 g/mol. The summed E-state index contributed by atoms with van der Waals surface area (Å²) >= 11 is 0. The van der Waals surface area contributed by atoms with Gasteiger partial charge in [0.15, 0.2) is 6.29 Å². The van der Waals surface area contributed by atoms with E-state index in [-0.39, 0.29) is 12.8 Å². The van der Waals surface area contributed by atoms with Crippen molar-refractivity contribution in [1.82, 2.24) is 5.32 Å². The van der Waals surface area contributed by atoms with Gasteiger partial charge in [0.25, 0.3) is 0 Å². The molecule has 0 aromatic carbocycles. The molecule has 3 rings (SSSR count). The first-order valence-electron chi connectivity index (χ1n) is 11.4. The van der Waals surface area contributed by atoms with E-state index < -0.39 is 111 Å². The number of hydrogen-bond acceptors (Lipinski definition) is 14. The largest absolute Gasteiger partial charge is 0.396 e. The van der Waals surface area contributed by atoms with Crippen LogP contribution in [0.1, 0.15) is 12.8 Å². The third kappa shape index (κ3) is 5.40. The second-order valence-corrected chi connectivity index (χ2v) is 9.49. The van der Waals surface area contributed by atoms with E-state index in [2.05, 4.69) is 5.32 Å². The van der Waals surface area contributed by atoms with E-state index in [9.17, 15) is 56.2 Å². The molecule has 1 aliphatic heterocycles. The lowest BCUT2D eigenvalue weighted by atomic mass is 9.76. The highest BCUT2D eigenvalue weighted by atomic mass is 16.7. The smallest absolute Gasteiger partial charge is 0.187 e. The number of aliphatic hydroxyl groups is 11. The third-order valence-corrected chi connectivity index (χ3v) is 7.31. The van der Waals surface area contributed by atoms with Crippen molar-refractivity contribution in [3.8, 4) is 0 Å². The lowest BCUT2D eigenvalue weighted by molar-refractivity contribution is -0.328. The standard InChI is InChI=1S/C20H37NO13/c22-3-6-1-8(12(26)15(29)11(6)25)21-9-2-7(4-23)19(17(31)13(9)27)34-20-18(32)16(30)14(28)10(5-24)33-20/h6-32H,1-5H2/t6?,7?,8-,9-,10?,11+,12?,13?,14+,15?,16?,17?,18?,19+,20-/m0/s1. The van der Waals surface area contributed by atoms with Crippen LogP contribution in [-0.4, -0.2) is 155 Å². The monoisotopic (exact) mass is 499 g/mol. The van der Waals surface area contributed by atoms with Crippen molar-refractivity contribution in [2.24, 2.45) is 11.8 Å². The minimum atomic E-state index is -1.74. The van der Waals surface area contributed by atoms with Crippen molar-refractivity contribution in [2.45, 2.75) is 92.3 Å². The molecule has 3 aliphatic rings. The highest BCUT2D eigenvalue weighted by molar-refractivity contribution is 5.02. The summed E-state index contributed by atoms with van der Waals surface area (Å²) in [6, 6.07) is -1.73. The fourth-order valence-corrected chi connectivity index (χ4v) is 5.13. The van der Waals surface area contributed by atoms with Crippen LogP contribution in [0.3, 0.4) is 0 Å². The summed E-state index contributed by atoms with van der Waals surface area (Å²) in [5, 5.41) is 113. The van der Waals surface area contributed by atoms with E-state index in [0.29, 0.717) is 0 Å². The van der Waals surface area contributed by atoms with Crippen LogP contribution >= 0.6 is 0 Å². The van der Waals surface area contributed by atoms with Gasteiger partial charge in [-0.25, -0.2) is 0 Å². The van der Waals surface area contributed by atoms with Crippen LogP contribution in [0.4, 0.5) is 0 Å². The zero-order valence-corrected chi connectivity index (χ0v) is 18.4. The van der Waals surface area contributed by atoms with Crippen molar-refractivity contribution >= 4 is 0 Å². The first kappa shape index (κ1) is 28.0. The quantitative estimate of drug-likeness (QED) is 0.156. The Hall–Kier alpha value is -0.560. The Morgan fingerprint density at radius 1 is 0.588 bits per heavy atom. The Bertz CT molecular complexity index is 640. The summed E-state index contributed by atoms with van der Waals surface area (Å²) in [7, 11) is 0. The Kier molecular flexibility index (Phi) is 9.61. The maximum Gasteiger partial charge on any atom is 0.187 e. The average Bonchev–Trinajstić information content (AvgIpc) is 2.83. The Labute approximate surface area is 195 Å². The van der Waals surface area contributed by atoms with Gasteiger partial charge < -0.3 is 71.0 Å². The fraction of sp³-hybridized carbons (Fsp3) is 1.00. The zero-order valence-electron chi connectivity index (χ0n) is 18.4. The molecule has 9 unspecified atom stereocenters. The molecule has 2 saturated carbocycles. The predicted molar refractivity (Wildman–Crippen MR) is 110 cm³/mol. The molecule has 3 fully saturated rings. The van der Waals surface area contributed by atoms with Gasteiger partial charge in [0.2, 0.25) is 0 Å². The minimum absolute atomic E-state index is 0.0163. The minimum Gasteiger partial charge on any atom is -0.396 e. The summed E-state index contributed by atoms with van der Waals surface area (Å²) in [6.45, 7) is -1.64. The van der Waals surface area contributed by atoms with Crippen molar-refractivity contribution < 1.29 is 65.6 Å². The Morgan fingerprint density at radius 2 is 1.12 bits per heavy atom. The van der Waals surface area contributed by atoms with E-state index in [1.807, 2.05) is 0 Å². The molecule has 0 aromatic rings. The number of hydrogen-bond donors (Lipinski definition) is 12.